The topological polar surface area (TPSA) is 68.8 Å². The lowest BCUT2D eigenvalue weighted by molar-refractivity contribution is 0.174. The number of rotatable bonds is 3. The van der Waals surface area contributed by atoms with E-state index in [1.807, 2.05) is 42.5 Å². The first-order valence-electron chi connectivity index (χ1n) is 7.94. The van der Waals surface area contributed by atoms with E-state index in [1.165, 1.54) is 0 Å². The average Bonchev–Trinajstić information content (AvgIpc) is 3.08. The van der Waals surface area contributed by atoms with Gasteiger partial charge in [-0.3, -0.25) is 0 Å². The van der Waals surface area contributed by atoms with Gasteiger partial charge in [-0.2, -0.15) is 0 Å². The average molecular weight is 326 g/mol. The molecule has 0 unspecified atom stereocenters. The van der Waals surface area contributed by atoms with Crippen molar-refractivity contribution in [3.63, 3.8) is 0 Å². The first-order chi connectivity index (χ1) is 11.8. The van der Waals surface area contributed by atoms with Gasteiger partial charge in [-0.05, 0) is 23.8 Å². The van der Waals surface area contributed by atoms with Crippen molar-refractivity contribution in [2.45, 2.75) is 19.0 Å². The molecule has 6 nitrogen and oxygen atoms in total. The van der Waals surface area contributed by atoms with Gasteiger partial charge in [0.2, 0.25) is 6.79 Å². The molecule has 0 radical (unpaired) electrons. The minimum absolute atomic E-state index is 0.0355. The summed E-state index contributed by atoms with van der Waals surface area (Å²) in [7, 11) is 0. The summed E-state index contributed by atoms with van der Waals surface area (Å²) in [4.78, 5) is 12.2. The van der Waals surface area contributed by atoms with Crippen LogP contribution in [-0.2, 0) is 6.54 Å². The van der Waals surface area contributed by atoms with Gasteiger partial charge in [0.1, 0.15) is 5.75 Å². The molecule has 2 aliphatic heterocycles. The fourth-order valence-corrected chi connectivity index (χ4v) is 2.93. The number of carbonyl (C=O) groups excluding carboxylic acids is 1. The number of carbonyl (C=O) groups is 1. The summed E-state index contributed by atoms with van der Waals surface area (Å²) in [5.41, 5.74) is 1.98. The molecule has 2 N–H and O–H groups in total. The van der Waals surface area contributed by atoms with Crippen molar-refractivity contribution >= 4 is 6.03 Å². The van der Waals surface area contributed by atoms with Crippen LogP contribution < -0.4 is 24.8 Å². The van der Waals surface area contributed by atoms with E-state index in [1.54, 1.807) is 0 Å². The quantitative estimate of drug-likeness (QED) is 0.910. The highest BCUT2D eigenvalue weighted by Gasteiger charge is 2.22. The minimum atomic E-state index is -0.200. The lowest BCUT2D eigenvalue weighted by atomic mass is 10.0. The van der Waals surface area contributed by atoms with Crippen LogP contribution in [0.3, 0.4) is 0 Å². The van der Waals surface area contributed by atoms with Crippen LogP contribution in [0.25, 0.3) is 0 Å². The van der Waals surface area contributed by atoms with Crippen LogP contribution in [0.1, 0.15) is 23.6 Å². The third-order valence-electron chi connectivity index (χ3n) is 4.15. The zero-order valence-corrected chi connectivity index (χ0v) is 13.1. The molecule has 0 aliphatic carbocycles. The molecule has 2 aromatic rings. The Bertz CT molecular complexity index is 762. The van der Waals surface area contributed by atoms with Crippen molar-refractivity contribution in [3.05, 3.63) is 53.6 Å². The molecule has 124 valence electrons. The molecule has 0 aromatic heterocycles. The van der Waals surface area contributed by atoms with Crippen LogP contribution in [0.15, 0.2) is 42.5 Å². The number of amides is 2. The van der Waals surface area contributed by atoms with E-state index in [4.69, 9.17) is 14.2 Å². The molecular weight excluding hydrogens is 308 g/mol. The van der Waals surface area contributed by atoms with E-state index >= 15 is 0 Å². The normalized spacial score (nSPS) is 17.6. The number of hydrogen-bond donors (Lipinski definition) is 2. The Morgan fingerprint density at radius 2 is 1.92 bits per heavy atom. The molecule has 1 atom stereocenters. The third kappa shape index (κ3) is 2.95. The maximum absolute atomic E-state index is 12.2. The second kappa shape index (κ2) is 6.31. The summed E-state index contributed by atoms with van der Waals surface area (Å²) in [6.07, 6.45) is 0.758. The lowest BCUT2D eigenvalue weighted by Crippen LogP contribution is -2.39. The largest absolute Gasteiger partial charge is 0.493 e. The second-order valence-electron chi connectivity index (χ2n) is 5.74. The van der Waals surface area contributed by atoms with Gasteiger partial charge in [0.15, 0.2) is 11.5 Å². The zero-order valence-electron chi connectivity index (χ0n) is 13.1. The summed E-state index contributed by atoms with van der Waals surface area (Å²) in [5.74, 6) is 2.29. The molecule has 24 heavy (non-hydrogen) atoms. The van der Waals surface area contributed by atoms with Gasteiger partial charge >= 0.3 is 6.03 Å². The number of fused-ring (bicyclic) bond motifs is 2. The predicted octanol–water partition coefficient (Wildman–Crippen LogP) is 2.74. The lowest BCUT2D eigenvalue weighted by Gasteiger charge is -2.26. The number of hydrogen-bond acceptors (Lipinski definition) is 4. The Balaban J connectivity index is 1.36. The molecule has 0 bridgehead atoms. The molecule has 2 amide bonds. The molecule has 4 rings (SSSR count). The Kier molecular flexibility index (Phi) is 3.86. The smallest absolute Gasteiger partial charge is 0.315 e. The Morgan fingerprint density at radius 3 is 2.88 bits per heavy atom. The predicted molar refractivity (Wildman–Crippen MR) is 87.2 cm³/mol. The molecule has 2 aromatic carbocycles. The van der Waals surface area contributed by atoms with Gasteiger partial charge in [-0.25, -0.2) is 4.79 Å². The molecule has 0 saturated heterocycles. The van der Waals surface area contributed by atoms with Crippen molar-refractivity contribution in [1.82, 2.24) is 10.6 Å². The molecule has 0 fully saturated rings. The maximum atomic E-state index is 12.2. The fourth-order valence-electron chi connectivity index (χ4n) is 2.93. The SMILES string of the molecule is O=C(NCc1ccc2c(c1)OCO2)N[C@@H]1CCOc2ccccc21. The fraction of sp³-hybridized carbons (Fsp3) is 0.278. The molecule has 2 aliphatic rings. The summed E-state index contributed by atoms with van der Waals surface area (Å²) in [5, 5.41) is 5.89. The number of benzene rings is 2. The minimum Gasteiger partial charge on any atom is -0.493 e. The van der Waals surface area contributed by atoms with Crippen molar-refractivity contribution in [2.24, 2.45) is 0 Å². The number of urea groups is 1. The number of nitrogens with one attached hydrogen (secondary N) is 2. The van der Waals surface area contributed by atoms with E-state index in [0.717, 1.165) is 29.0 Å². The molecule has 6 heteroatoms. The van der Waals surface area contributed by atoms with Gasteiger partial charge in [0.05, 0.1) is 12.6 Å². The summed E-state index contributed by atoms with van der Waals surface area (Å²) in [6, 6.07) is 13.2. The highest BCUT2D eigenvalue weighted by Crippen LogP contribution is 2.33. The highest BCUT2D eigenvalue weighted by atomic mass is 16.7. The first-order valence-corrected chi connectivity index (χ1v) is 7.94. The summed E-state index contributed by atoms with van der Waals surface area (Å²) in [6.45, 7) is 1.27. The second-order valence-corrected chi connectivity index (χ2v) is 5.74. The molecule has 2 heterocycles. The van der Waals surface area contributed by atoms with E-state index in [9.17, 15) is 4.79 Å². The molecular formula is C18H18N2O4. The number of para-hydroxylation sites is 1. The summed E-state index contributed by atoms with van der Waals surface area (Å²) >= 11 is 0. The molecule has 0 saturated carbocycles. The van der Waals surface area contributed by atoms with Crippen molar-refractivity contribution in [2.75, 3.05) is 13.4 Å². The van der Waals surface area contributed by atoms with E-state index in [2.05, 4.69) is 10.6 Å². The maximum Gasteiger partial charge on any atom is 0.315 e. The van der Waals surface area contributed by atoms with Crippen LogP contribution in [0, 0.1) is 0 Å². The van der Waals surface area contributed by atoms with Crippen molar-refractivity contribution in [3.8, 4) is 17.2 Å². The van der Waals surface area contributed by atoms with Crippen LogP contribution in [0.5, 0.6) is 17.2 Å². The first kappa shape index (κ1) is 14.7. The molecule has 0 spiro atoms. The number of ether oxygens (including phenoxy) is 3. The van der Waals surface area contributed by atoms with E-state index in [-0.39, 0.29) is 18.9 Å². The van der Waals surface area contributed by atoms with Gasteiger partial charge in [0, 0.05) is 18.5 Å². The Labute approximate surface area is 139 Å². The van der Waals surface area contributed by atoms with Gasteiger partial charge in [-0.1, -0.05) is 24.3 Å². The highest BCUT2D eigenvalue weighted by molar-refractivity contribution is 5.74. The Morgan fingerprint density at radius 1 is 1.04 bits per heavy atom. The van der Waals surface area contributed by atoms with E-state index < -0.39 is 0 Å². The van der Waals surface area contributed by atoms with Gasteiger partial charge < -0.3 is 24.8 Å². The Hall–Kier alpha value is -2.89. The van der Waals surface area contributed by atoms with E-state index in [0.29, 0.717) is 18.9 Å². The van der Waals surface area contributed by atoms with Crippen LogP contribution in [0.2, 0.25) is 0 Å². The van der Waals surface area contributed by atoms with Crippen LogP contribution >= 0.6 is 0 Å². The zero-order chi connectivity index (χ0) is 16.4. The van der Waals surface area contributed by atoms with Crippen LogP contribution in [0.4, 0.5) is 4.79 Å². The standard InChI is InChI=1S/C18H18N2O4/c21-18(19-10-12-5-6-16-17(9-12)24-11-23-16)20-14-7-8-22-15-4-2-1-3-13(14)15/h1-6,9,14H,7-8,10-11H2,(H2,19,20,21)/t14-/m1/s1. The monoisotopic (exact) mass is 326 g/mol. The van der Waals surface area contributed by atoms with Gasteiger partial charge in [-0.15, -0.1) is 0 Å². The van der Waals surface area contributed by atoms with Crippen LogP contribution in [-0.4, -0.2) is 19.4 Å². The van der Waals surface area contributed by atoms with Gasteiger partial charge in [0.25, 0.3) is 0 Å². The van der Waals surface area contributed by atoms with Crippen molar-refractivity contribution in [1.29, 1.82) is 0 Å². The third-order valence-corrected chi connectivity index (χ3v) is 4.15. The summed E-state index contributed by atoms with van der Waals surface area (Å²) < 4.78 is 16.2. The van der Waals surface area contributed by atoms with Crippen molar-refractivity contribution < 1.29 is 19.0 Å².